The van der Waals surface area contributed by atoms with E-state index in [4.69, 9.17) is 0 Å². The Kier molecular flexibility index (Phi) is 6.86. The molecule has 0 N–H and O–H groups in total. The van der Waals surface area contributed by atoms with Crippen LogP contribution >= 0.6 is 0 Å². The van der Waals surface area contributed by atoms with Gasteiger partial charge in [0.05, 0.1) is 0 Å². The average molecular weight is 448 g/mol. The van der Waals surface area contributed by atoms with E-state index in [1.54, 1.807) is 0 Å². The number of ether oxygens (including phenoxy) is 1. The maximum atomic E-state index is 14.6. The Hall–Kier alpha value is -2.25. The van der Waals surface area contributed by atoms with E-state index in [9.17, 15) is 30.7 Å². The van der Waals surface area contributed by atoms with Crippen LogP contribution < -0.4 is 4.74 Å². The summed E-state index contributed by atoms with van der Waals surface area (Å²) < 4.78 is 103. The molecule has 0 amide bonds. The van der Waals surface area contributed by atoms with Gasteiger partial charge in [0.15, 0.2) is 17.5 Å². The summed E-state index contributed by atoms with van der Waals surface area (Å²) >= 11 is 0. The highest BCUT2D eigenvalue weighted by atomic mass is 19.3. The van der Waals surface area contributed by atoms with Crippen molar-refractivity contribution in [3.63, 3.8) is 0 Å². The number of benzene rings is 2. The first-order chi connectivity index (χ1) is 14.5. The monoisotopic (exact) mass is 448 g/mol. The van der Waals surface area contributed by atoms with Gasteiger partial charge in [0, 0.05) is 11.6 Å². The van der Waals surface area contributed by atoms with Crippen LogP contribution in [0.3, 0.4) is 0 Å². The van der Waals surface area contributed by atoms with Gasteiger partial charge in [-0.1, -0.05) is 19.8 Å². The van der Waals surface area contributed by atoms with Crippen LogP contribution in [0, 0.1) is 41.9 Å². The summed E-state index contributed by atoms with van der Waals surface area (Å²) in [5.74, 6) is -9.00. The minimum absolute atomic E-state index is 0.136. The van der Waals surface area contributed by atoms with Crippen molar-refractivity contribution in [1.82, 2.24) is 0 Å². The van der Waals surface area contributed by atoms with Gasteiger partial charge in [-0.25, -0.2) is 22.0 Å². The lowest BCUT2D eigenvalue weighted by Crippen LogP contribution is -2.26. The van der Waals surface area contributed by atoms with Crippen LogP contribution in [0.4, 0.5) is 30.7 Å². The molecule has 0 aromatic heterocycles. The Bertz CT molecular complexity index is 926. The zero-order valence-electron chi connectivity index (χ0n) is 17.2. The standard InChI is InChI=1S/C23H23F7O/c1-3-4-13-5-7-14(8-6-13)15-9-16(24)20(17(25)10-15)23(29,30)31-19-11-18(26)22(28)21(27)12(19)2/h9-11,13-14H,3-8H2,1-2H3. The molecule has 1 saturated carbocycles. The van der Waals surface area contributed by atoms with E-state index in [0.717, 1.165) is 44.7 Å². The summed E-state index contributed by atoms with van der Waals surface area (Å²) in [4.78, 5) is 0. The Labute approximate surface area is 176 Å². The molecule has 2 aromatic rings. The van der Waals surface area contributed by atoms with Crippen LogP contribution in [-0.2, 0) is 6.11 Å². The summed E-state index contributed by atoms with van der Waals surface area (Å²) in [7, 11) is 0. The summed E-state index contributed by atoms with van der Waals surface area (Å²) in [6, 6.07) is 1.93. The summed E-state index contributed by atoms with van der Waals surface area (Å²) in [6.45, 7) is 2.97. The molecule has 0 bridgehead atoms. The molecule has 0 atom stereocenters. The van der Waals surface area contributed by atoms with Crippen LogP contribution in [-0.4, -0.2) is 0 Å². The molecule has 3 rings (SSSR count). The molecule has 1 nitrogen and oxygen atoms in total. The van der Waals surface area contributed by atoms with E-state index < -0.39 is 52.1 Å². The fourth-order valence-electron chi connectivity index (χ4n) is 4.26. The maximum Gasteiger partial charge on any atom is 0.432 e. The molecule has 0 aliphatic heterocycles. The van der Waals surface area contributed by atoms with Crippen molar-refractivity contribution < 1.29 is 35.5 Å². The van der Waals surface area contributed by atoms with Gasteiger partial charge in [-0.3, -0.25) is 0 Å². The van der Waals surface area contributed by atoms with Gasteiger partial charge in [-0.05, 0) is 62.1 Å². The molecule has 170 valence electrons. The normalized spacial score (nSPS) is 19.5. The topological polar surface area (TPSA) is 9.23 Å². The Balaban J connectivity index is 1.86. The SMILES string of the molecule is CCCC1CCC(c2cc(F)c(C(F)(F)Oc3cc(F)c(F)c(F)c3C)c(F)c2)CC1. The second-order valence-corrected chi connectivity index (χ2v) is 8.09. The Morgan fingerprint density at radius 3 is 2.00 bits per heavy atom. The Morgan fingerprint density at radius 1 is 0.871 bits per heavy atom. The highest BCUT2D eigenvalue weighted by Gasteiger charge is 2.42. The molecule has 31 heavy (non-hydrogen) atoms. The van der Waals surface area contributed by atoms with Crippen molar-refractivity contribution in [2.75, 3.05) is 0 Å². The number of alkyl halides is 2. The van der Waals surface area contributed by atoms with Crippen LogP contribution in [0.15, 0.2) is 18.2 Å². The van der Waals surface area contributed by atoms with Gasteiger partial charge in [0.25, 0.3) is 0 Å². The highest BCUT2D eigenvalue weighted by molar-refractivity contribution is 5.37. The summed E-state index contributed by atoms with van der Waals surface area (Å²) in [5, 5.41) is 0. The van der Waals surface area contributed by atoms with Crippen LogP contribution in [0.5, 0.6) is 5.75 Å². The molecule has 0 spiro atoms. The van der Waals surface area contributed by atoms with Crippen molar-refractivity contribution in [2.45, 2.75) is 64.4 Å². The number of hydrogen-bond donors (Lipinski definition) is 0. The molecule has 0 saturated heterocycles. The minimum Gasteiger partial charge on any atom is -0.428 e. The van der Waals surface area contributed by atoms with Gasteiger partial charge in [0.1, 0.15) is 22.9 Å². The van der Waals surface area contributed by atoms with Crippen LogP contribution in [0.25, 0.3) is 0 Å². The van der Waals surface area contributed by atoms with E-state index in [-0.39, 0.29) is 12.0 Å². The van der Waals surface area contributed by atoms with Gasteiger partial charge in [-0.2, -0.15) is 8.78 Å². The van der Waals surface area contributed by atoms with Gasteiger partial charge in [-0.15, -0.1) is 0 Å². The third-order valence-corrected chi connectivity index (χ3v) is 5.97. The second-order valence-electron chi connectivity index (χ2n) is 8.09. The molecule has 0 heterocycles. The first-order valence-electron chi connectivity index (χ1n) is 10.3. The van der Waals surface area contributed by atoms with Crippen molar-refractivity contribution in [3.05, 3.63) is 64.0 Å². The molecule has 8 heteroatoms. The molecule has 0 radical (unpaired) electrons. The van der Waals surface area contributed by atoms with Crippen molar-refractivity contribution >= 4 is 0 Å². The van der Waals surface area contributed by atoms with E-state index in [0.29, 0.717) is 24.3 Å². The fraction of sp³-hybridized carbons (Fsp3) is 0.478. The molecular formula is C23H23F7O. The Morgan fingerprint density at radius 2 is 1.45 bits per heavy atom. The quantitative estimate of drug-likeness (QED) is 0.323. The third-order valence-electron chi connectivity index (χ3n) is 5.97. The second kappa shape index (κ2) is 9.09. The van der Waals surface area contributed by atoms with Crippen molar-refractivity contribution in [2.24, 2.45) is 5.92 Å². The predicted molar refractivity (Wildman–Crippen MR) is 102 cm³/mol. The van der Waals surface area contributed by atoms with Gasteiger partial charge in [0.2, 0.25) is 0 Å². The van der Waals surface area contributed by atoms with Crippen LogP contribution in [0.2, 0.25) is 0 Å². The number of hydrogen-bond acceptors (Lipinski definition) is 1. The smallest absolute Gasteiger partial charge is 0.428 e. The van der Waals surface area contributed by atoms with Crippen molar-refractivity contribution in [1.29, 1.82) is 0 Å². The third kappa shape index (κ3) is 4.83. The molecular weight excluding hydrogens is 425 g/mol. The van der Waals surface area contributed by atoms with E-state index >= 15 is 0 Å². The first-order valence-corrected chi connectivity index (χ1v) is 10.3. The fourth-order valence-corrected chi connectivity index (χ4v) is 4.26. The first kappa shape index (κ1) is 23.4. The number of halogens is 7. The van der Waals surface area contributed by atoms with Gasteiger partial charge < -0.3 is 4.74 Å². The largest absolute Gasteiger partial charge is 0.432 e. The van der Waals surface area contributed by atoms with E-state index in [2.05, 4.69) is 11.7 Å². The average Bonchev–Trinajstić information content (AvgIpc) is 2.70. The molecule has 1 aliphatic carbocycles. The molecule has 2 aromatic carbocycles. The minimum atomic E-state index is -4.58. The lowest BCUT2D eigenvalue weighted by Gasteiger charge is -2.29. The molecule has 0 unspecified atom stereocenters. The van der Waals surface area contributed by atoms with Crippen molar-refractivity contribution in [3.8, 4) is 5.75 Å². The van der Waals surface area contributed by atoms with E-state index in [1.807, 2.05) is 0 Å². The molecule has 1 aliphatic rings. The zero-order chi connectivity index (χ0) is 22.9. The zero-order valence-corrected chi connectivity index (χ0v) is 17.2. The van der Waals surface area contributed by atoms with E-state index in [1.165, 1.54) is 0 Å². The predicted octanol–water partition coefficient (Wildman–Crippen LogP) is 7.89. The maximum absolute atomic E-state index is 14.6. The summed E-state index contributed by atoms with van der Waals surface area (Å²) in [5.41, 5.74) is -2.13. The highest BCUT2D eigenvalue weighted by Crippen LogP contribution is 2.41. The van der Waals surface area contributed by atoms with Crippen LogP contribution in [0.1, 0.15) is 68.1 Å². The molecule has 1 fully saturated rings. The lowest BCUT2D eigenvalue weighted by atomic mass is 9.77. The van der Waals surface area contributed by atoms with Gasteiger partial charge >= 0.3 is 6.11 Å². The lowest BCUT2D eigenvalue weighted by molar-refractivity contribution is -0.190. The summed E-state index contributed by atoms with van der Waals surface area (Å²) in [6.07, 6.45) is 0.804. The number of rotatable bonds is 6.